The second kappa shape index (κ2) is 5.96. The molecule has 2 aromatic heterocycles. The average Bonchev–Trinajstić information content (AvgIpc) is 3.14. The van der Waals surface area contributed by atoms with Crippen LogP contribution in [0.5, 0.6) is 0 Å². The minimum absolute atomic E-state index is 0. The van der Waals surface area contributed by atoms with Crippen molar-refractivity contribution in [2.75, 3.05) is 0 Å². The predicted octanol–water partition coefficient (Wildman–Crippen LogP) is 3.54. The molecule has 120 valence electrons. The van der Waals surface area contributed by atoms with Crippen molar-refractivity contribution < 1.29 is 4.52 Å². The lowest BCUT2D eigenvalue weighted by atomic mass is 9.77. The molecule has 0 atom stereocenters. The van der Waals surface area contributed by atoms with Crippen LogP contribution in [0.4, 0.5) is 0 Å². The van der Waals surface area contributed by atoms with Crippen LogP contribution in [0.15, 0.2) is 35.0 Å². The third kappa shape index (κ3) is 2.63. The monoisotopic (exact) mass is 351 g/mol. The van der Waals surface area contributed by atoms with Gasteiger partial charge in [-0.15, -0.1) is 12.4 Å². The number of hydrogen-bond acceptors (Lipinski definition) is 5. The third-order valence-corrected chi connectivity index (χ3v) is 4.46. The molecule has 0 radical (unpaired) electrons. The van der Waals surface area contributed by atoms with E-state index in [0.717, 1.165) is 36.1 Å². The van der Waals surface area contributed by atoms with E-state index in [1.807, 2.05) is 24.3 Å². The molecule has 0 saturated heterocycles. The summed E-state index contributed by atoms with van der Waals surface area (Å²) in [5, 5.41) is 11.7. The van der Waals surface area contributed by atoms with Gasteiger partial charge in [-0.3, -0.25) is 5.10 Å². The molecule has 0 aliphatic heterocycles. The molecule has 0 spiro atoms. The van der Waals surface area contributed by atoms with Gasteiger partial charge in [0.05, 0.1) is 23.0 Å². The minimum atomic E-state index is -0.448. The maximum Gasteiger partial charge on any atom is 0.261 e. The molecule has 0 amide bonds. The summed E-state index contributed by atoms with van der Waals surface area (Å²) in [4.78, 5) is 4.46. The number of nitrogens with two attached hydrogens (primary N) is 1. The molecule has 8 heteroatoms. The number of rotatable bonds is 3. The van der Waals surface area contributed by atoms with E-state index in [1.54, 1.807) is 6.20 Å². The summed E-state index contributed by atoms with van der Waals surface area (Å²) in [7, 11) is 0. The number of H-pyrrole nitrogens is 1. The molecule has 0 unspecified atom stereocenters. The molecule has 1 fully saturated rings. The van der Waals surface area contributed by atoms with Gasteiger partial charge in [0, 0.05) is 10.6 Å². The molecule has 4 rings (SSSR count). The fourth-order valence-electron chi connectivity index (χ4n) is 2.63. The van der Waals surface area contributed by atoms with E-state index in [4.69, 9.17) is 21.9 Å². The summed E-state index contributed by atoms with van der Waals surface area (Å²) in [5.41, 5.74) is 8.09. The number of aromatic nitrogens is 4. The van der Waals surface area contributed by atoms with Crippen LogP contribution in [0.2, 0.25) is 5.02 Å². The summed E-state index contributed by atoms with van der Waals surface area (Å²) < 4.78 is 5.39. The normalized spacial score (nSPS) is 15.7. The molecule has 1 aliphatic rings. The van der Waals surface area contributed by atoms with Crippen molar-refractivity contribution in [3.8, 4) is 22.7 Å². The second-order valence-electron chi connectivity index (χ2n) is 5.57. The molecule has 3 N–H and O–H groups in total. The topological polar surface area (TPSA) is 93.6 Å². The lowest BCUT2D eigenvalue weighted by Gasteiger charge is -2.34. The predicted molar refractivity (Wildman–Crippen MR) is 89.3 cm³/mol. The van der Waals surface area contributed by atoms with Crippen LogP contribution in [0.1, 0.15) is 25.1 Å². The maximum atomic E-state index is 6.25. The van der Waals surface area contributed by atoms with Crippen LogP contribution < -0.4 is 5.73 Å². The zero-order valence-corrected chi connectivity index (χ0v) is 13.7. The van der Waals surface area contributed by atoms with Gasteiger partial charge in [0.25, 0.3) is 5.89 Å². The Balaban J connectivity index is 0.00000156. The Morgan fingerprint density at radius 3 is 2.70 bits per heavy atom. The van der Waals surface area contributed by atoms with Gasteiger partial charge in [0.15, 0.2) is 5.82 Å². The first kappa shape index (κ1) is 16.0. The van der Waals surface area contributed by atoms with Crippen LogP contribution in [0, 0.1) is 0 Å². The first-order chi connectivity index (χ1) is 10.7. The van der Waals surface area contributed by atoms with Gasteiger partial charge in [-0.2, -0.15) is 10.1 Å². The Hall–Kier alpha value is -1.89. The van der Waals surface area contributed by atoms with E-state index in [9.17, 15) is 0 Å². The second-order valence-corrected chi connectivity index (χ2v) is 5.98. The first-order valence-corrected chi connectivity index (χ1v) is 7.47. The standard InChI is InChI=1S/C15H14ClN5O.ClH/c16-11-5-2-1-4-9(11)12-10(8-18-20-12)13-19-14(21-22-13)15(17)6-3-7-15;/h1-2,4-5,8H,3,6-7,17H2,(H,18,20);1H. The zero-order valence-electron chi connectivity index (χ0n) is 12.1. The quantitative estimate of drug-likeness (QED) is 0.752. The lowest BCUT2D eigenvalue weighted by molar-refractivity contribution is 0.229. The Labute approximate surface area is 143 Å². The molecule has 1 aromatic carbocycles. The van der Waals surface area contributed by atoms with Crippen LogP contribution in [0.3, 0.4) is 0 Å². The van der Waals surface area contributed by atoms with Crippen molar-refractivity contribution in [1.29, 1.82) is 0 Å². The summed E-state index contributed by atoms with van der Waals surface area (Å²) in [6.07, 6.45) is 4.51. The summed E-state index contributed by atoms with van der Waals surface area (Å²) in [6.45, 7) is 0. The van der Waals surface area contributed by atoms with Gasteiger partial charge in [-0.05, 0) is 25.3 Å². The molecule has 3 aromatic rings. The Bertz CT molecular complexity index is 825. The van der Waals surface area contributed by atoms with Gasteiger partial charge in [-0.1, -0.05) is 35.0 Å². The van der Waals surface area contributed by atoms with Crippen molar-refractivity contribution in [1.82, 2.24) is 20.3 Å². The summed E-state index contributed by atoms with van der Waals surface area (Å²) >= 11 is 6.25. The highest BCUT2D eigenvalue weighted by Gasteiger charge is 2.39. The number of nitrogens with one attached hydrogen (secondary N) is 1. The van der Waals surface area contributed by atoms with Gasteiger partial charge in [-0.25, -0.2) is 0 Å². The van der Waals surface area contributed by atoms with Crippen molar-refractivity contribution in [2.24, 2.45) is 5.73 Å². The molecular weight excluding hydrogens is 337 g/mol. The van der Waals surface area contributed by atoms with E-state index in [2.05, 4.69) is 20.3 Å². The van der Waals surface area contributed by atoms with Gasteiger partial charge < -0.3 is 10.3 Å². The van der Waals surface area contributed by atoms with Gasteiger partial charge in [0.2, 0.25) is 0 Å². The highest BCUT2D eigenvalue weighted by atomic mass is 35.5. The molecule has 6 nitrogen and oxygen atoms in total. The van der Waals surface area contributed by atoms with E-state index >= 15 is 0 Å². The fourth-order valence-corrected chi connectivity index (χ4v) is 2.86. The molecule has 1 saturated carbocycles. The van der Waals surface area contributed by atoms with Crippen LogP contribution >= 0.6 is 24.0 Å². The number of hydrogen-bond donors (Lipinski definition) is 2. The van der Waals surface area contributed by atoms with E-state index in [-0.39, 0.29) is 12.4 Å². The van der Waals surface area contributed by atoms with Crippen molar-refractivity contribution >= 4 is 24.0 Å². The Morgan fingerprint density at radius 2 is 2.00 bits per heavy atom. The molecule has 23 heavy (non-hydrogen) atoms. The first-order valence-electron chi connectivity index (χ1n) is 7.09. The van der Waals surface area contributed by atoms with E-state index in [1.165, 1.54) is 0 Å². The maximum absolute atomic E-state index is 6.25. The average molecular weight is 352 g/mol. The highest BCUT2D eigenvalue weighted by molar-refractivity contribution is 6.33. The van der Waals surface area contributed by atoms with E-state index in [0.29, 0.717) is 16.7 Å². The van der Waals surface area contributed by atoms with Crippen molar-refractivity contribution in [3.05, 3.63) is 41.3 Å². The number of aromatic amines is 1. The number of halogens is 2. The zero-order chi connectivity index (χ0) is 15.2. The molecule has 1 aliphatic carbocycles. The van der Waals surface area contributed by atoms with E-state index < -0.39 is 5.54 Å². The molecule has 2 heterocycles. The highest BCUT2D eigenvalue weighted by Crippen LogP contribution is 2.39. The van der Waals surface area contributed by atoms with Gasteiger partial charge >= 0.3 is 0 Å². The van der Waals surface area contributed by atoms with Crippen LogP contribution in [-0.4, -0.2) is 20.3 Å². The third-order valence-electron chi connectivity index (χ3n) is 4.13. The van der Waals surface area contributed by atoms with Crippen LogP contribution in [-0.2, 0) is 5.54 Å². The molecule has 0 bridgehead atoms. The lowest BCUT2D eigenvalue weighted by Crippen LogP contribution is -2.44. The van der Waals surface area contributed by atoms with Crippen LogP contribution in [0.25, 0.3) is 22.7 Å². The molecular formula is C15H15Cl2N5O. The van der Waals surface area contributed by atoms with Gasteiger partial charge in [0.1, 0.15) is 0 Å². The summed E-state index contributed by atoms with van der Waals surface area (Å²) in [6, 6.07) is 7.52. The fraction of sp³-hybridized carbons (Fsp3) is 0.267. The number of benzene rings is 1. The SMILES string of the molecule is Cl.NC1(c2noc(-c3cn[nH]c3-c3ccccc3Cl)n2)CCC1. The number of nitrogens with zero attached hydrogens (tertiary/aromatic N) is 3. The summed E-state index contributed by atoms with van der Waals surface area (Å²) in [5.74, 6) is 0.954. The van der Waals surface area contributed by atoms with Crippen molar-refractivity contribution in [2.45, 2.75) is 24.8 Å². The Morgan fingerprint density at radius 1 is 1.22 bits per heavy atom. The smallest absolute Gasteiger partial charge is 0.261 e. The largest absolute Gasteiger partial charge is 0.334 e. The Kier molecular flexibility index (Phi) is 4.14. The van der Waals surface area contributed by atoms with Crippen molar-refractivity contribution in [3.63, 3.8) is 0 Å². The minimum Gasteiger partial charge on any atom is -0.334 e.